The highest BCUT2D eigenvalue weighted by Gasteiger charge is 2.23. The van der Waals surface area contributed by atoms with Crippen LogP contribution in [0.15, 0.2) is 24.3 Å². The minimum Gasteiger partial charge on any atom is -0.340 e. The second kappa shape index (κ2) is 10.0. The first-order chi connectivity index (χ1) is 13.2. The second-order valence-corrected chi connectivity index (χ2v) is 9.53. The Kier molecular flexibility index (Phi) is 8.00. The van der Waals surface area contributed by atoms with E-state index >= 15 is 0 Å². The molecular formula is C20H28N4O2S2. The molecule has 2 amide bonds. The van der Waals surface area contributed by atoms with Gasteiger partial charge < -0.3 is 5.32 Å². The summed E-state index contributed by atoms with van der Waals surface area (Å²) in [5, 5.41) is 14.9. The van der Waals surface area contributed by atoms with Crippen molar-refractivity contribution in [3.8, 4) is 0 Å². The van der Waals surface area contributed by atoms with Crippen molar-refractivity contribution in [3.63, 3.8) is 0 Å². The number of nitrogens with zero attached hydrogens (tertiary/aromatic N) is 2. The van der Waals surface area contributed by atoms with E-state index in [0.29, 0.717) is 17.1 Å². The molecule has 0 bridgehead atoms. The molecule has 0 saturated heterocycles. The maximum Gasteiger partial charge on any atom is 0.251 e. The molecule has 0 aliphatic carbocycles. The summed E-state index contributed by atoms with van der Waals surface area (Å²) in [7, 11) is 0. The first-order valence-electron chi connectivity index (χ1n) is 9.28. The molecule has 28 heavy (non-hydrogen) atoms. The molecule has 2 aromatic rings. The first-order valence-corrected chi connectivity index (χ1v) is 11.5. The van der Waals surface area contributed by atoms with Gasteiger partial charge in [-0.2, -0.15) is 11.8 Å². The molecule has 6 nitrogen and oxygen atoms in total. The van der Waals surface area contributed by atoms with Crippen LogP contribution >= 0.6 is 23.1 Å². The average molecular weight is 421 g/mol. The fourth-order valence-corrected chi connectivity index (χ4v) is 3.66. The maximum atomic E-state index is 12.7. The van der Waals surface area contributed by atoms with Gasteiger partial charge in [0.15, 0.2) is 0 Å². The van der Waals surface area contributed by atoms with Crippen molar-refractivity contribution < 1.29 is 9.59 Å². The van der Waals surface area contributed by atoms with Crippen molar-refractivity contribution in [1.29, 1.82) is 0 Å². The van der Waals surface area contributed by atoms with E-state index in [4.69, 9.17) is 0 Å². The Morgan fingerprint density at radius 3 is 2.39 bits per heavy atom. The molecule has 0 aliphatic heterocycles. The molecule has 0 radical (unpaired) electrons. The third kappa shape index (κ3) is 6.31. The number of anilines is 1. The fourth-order valence-electron chi connectivity index (χ4n) is 2.51. The fraction of sp³-hybridized carbons (Fsp3) is 0.500. The van der Waals surface area contributed by atoms with Gasteiger partial charge in [-0.3, -0.25) is 14.9 Å². The molecule has 1 aromatic heterocycles. The number of carbonyl (C=O) groups excluding carboxylic acids is 2. The molecule has 0 saturated carbocycles. The predicted molar refractivity (Wildman–Crippen MR) is 117 cm³/mol. The highest BCUT2D eigenvalue weighted by atomic mass is 32.2. The van der Waals surface area contributed by atoms with Gasteiger partial charge in [0, 0.05) is 5.56 Å². The third-order valence-corrected chi connectivity index (χ3v) is 5.87. The van der Waals surface area contributed by atoms with Crippen molar-refractivity contribution in [1.82, 2.24) is 15.5 Å². The summed E-state index contributed by atoms with van der Waals surface area (Å²) in [4.78, 5) is 25.3. The Bertz CT molecular complexity index is 797. The monoisotopic (exact) mass is 420 g/mol. The molecule has 8 heteroatoms. The molecule has 0 aliphatic rings. The van der Waals surface area contributed by atoms with E-state index in [1.807, 2.05) is 25.3 Å². The van der Waals surface area contributed by atoms with E-state index in [0.717, 1.165) is 22.7 Å². The van der Waals surface area contributed by atoms with E-state index < -0.39 is 6.04 Å². The molecule has 1 heterocycles. The SMILES string of the molecule is CCc1nnc(NC(=O)C(CCSC)NC(=O)c2ccc(C(C)(C)C)cc2)s1. The number of amides is 2. The molecule has 1 aromatic carbocycles. The van der Waals surface area contributed by atoms with Crippen molar-refractivity contribution in [2.24, 2.45) is 0 Å². The maximum absolute atomic E-state index is 12.7. The quantitative estimate of drug-likeness (QED) is 0.677. The molecule has 152 valence electrons. The molecule has 2 N–H and O–H groups in total. The van der Waals surface area contributed by atoms with Crippen molar-refractivity contribution in [3.05, 3.63) is 40.4 Å². The summed E-state index contributed by atoms with van der Waals surface area (Å²) in [5.41, 5.74) is 1.72. The molecule has 2 rings (SSSR count). The number of hydrogen-bond donors (Lipinski definition) is 2. The number of aryl methyl sites for hydroxylation is 1. The number of thioether (sulfide) groups is 1. The van der Waals surface area contributed by atoms with Gasteiger partial charge in [0.05, 0.1) is 0 Å². The molecule has 0 spiro atoms. The van der Waals surface area contributed by atoms with Crippen LogP contribution in [0.4, 0.5) is 5.13 Å². The van der Waals surface area contributed by atoms with E-state index in [1.54, 1.807) is 23.9 Å². The minimum absolute atomic E-state index is 0.0227. The van der Waals surface area contributed by atoms with Gasteiger partial charge in [0.25, 0.3) is 5.91 Å². The van der Waals surface area contributed by atoms with Crippen molar-refractivity contribution in [2.75, 3.05) is 17.3 Å². The number of carbonyl (C=O) groups is 2. The minimum atomic E-state index is -0.629. The van der Waals surface area contributed by atoms with E-state index in [2.05, 4.69) is 41.6 Å². The summed E-state index contributed by atoms with van der Waals surface area (Å²) >= 11 is 2.98. The van der Waals surface area contributed by atoms with Gasteiger partial charge in [-0.1, -0.05) is 51.2 Å². The van der Waals surface area contributed by atoms with E-state index in [-0.39, 0.29) is 17.2 Å². The summed E-state index contributed by atoms with van der Waals surface area (Å²) in [6.45, 7) is 8.37. The van der Waals surface area contributed by atoms with Crippen LogP contribution in [-0.2, 0) is 16.6 Å². The lowest BCUT2D eigenvalue weighted by Gasteiger charge is -2.20. The van der Waals surface area contributed by atoms with Gasteiger partial charge >= 0.3 is 0 Å². The van der Waals surface area contributed by atoms with Crippen LogP contribution in [0, 0.1) is 0 Å². The standard InChI is InChI=1S/C20H28N4O2S2/c1-6-16-23-24-19(28-16)22-18(26)15(11-12-27-5)21-17(25)13-7-9-14(10-8-13)20(2,3)4/h7-10,15H,6,11-12H2,1-5H3,(H,21,25)(H,22,24,26). The molecule has 1 unspecified atom stereocenters. The summed E-state index contributed by atoms with van der Waals surface area (Å²) < 4.78 is 0. The van der Waals surface area contributed by atoms with Crippen LogP contribution in [0.5, 0.6) is 0 Å². The largest absolute Gasteiger partial charge is 0.340 e. The number of benzene rings is 1. The molecular weight excluding hydrogens is 392 g/mol. The van der Waals surface area contributed by atoms with Crippen molar-refractivity contribution >= 4 is 40.0 Å². The Hall–Kier alpha value is -1.93. The topological polar surface area (TPSA) is 84.0 Å². The highest BCUT2D eigenvalue weighted by molar-refractivity contribution is 7.98. The van der Waals surface area contributed by atoms with Gasteiger partial charge in [-0.05, 0) is 48.0 Å². The molecule has 1 atom stereocenters. The lowest BCUT2D eigenvalue weighted by Crippen LogP contribution is -2.44. The highest BCUT2D eigenvalue weighted by Crippen LogP contribution is 2.22. The average Bonchev–Trinajstić information content (AvgIpc) is 3.11. The summed E-state index contributed by atoms with van der Waals surface area (Å²) in [6.07, 6.45) is 3.28. The Labute approximate surface area is 174 Å². The van der Waals surface area contributed by atoms with E-state index in [9.17, 15) is 9.59 Å². The van der Waals surface area contributed by atoms with Gasteiger partial charge in [0.2, 0.25) is 11.0 Å². The number of hydrogen-bond acceptors (Lipinski definition) is 6. The Balaban J connectivity index is 2.07. The zero-order valence-corrected chi connectivity index (χ0v) is 18.7. The predicted octanol–water partition coefficient (Wildman–Crippen LogP) is 3.89. The second-order valence-electron chi connectivity index (χ2n) is 7.48. The first kappa shape index (κ1) is 22.4. The Morgan fingerprint density at radius 1 is 1.18 bits per heavy atom. The Morgan fingerprint density at radius 2 is 1.86 bits per heavy atom. The normalized spacial score (nSPS) is 12.5. The van der Waals surface area contributed by atoms with Crippen molar-refractivity contribution in [2.45, 2.75) is 52.0 Å². The van der Waals surface area contributed by atoms with E-state index in [1.165, 1.54) is 11.3 Å². The van der Waals surface area contributed by atoms with Gasteiger partial charge in [-0.15, -0.1) is 10.2 Å². The molecule has 0 fully saturated rings. The van der Waals surface area contributed by atoms with Gasteiger partial charge in [-0.25, -0.2) is 0 Å². The van der Waals surface area contributed by atoms with Crippen LogP contribution in [-0.4, -0.2) is 40.1 Å². The van der Waals surface area contributed by atoms with Crippen LogP contribution in [0.3, 0.4) is 0 Å². The third-order valence-electron chi connectivity index (χ3n) is 4.25. The zero-order chi connectivity index (χ0) is 20.7. The van der Waals surface area contributed by atoms with Crippen LogP contribution < -0.4 is 10.6 Å². The lowest BCUT2D eigenvalue weighted by atomic mass is 9.86. The lowest BCUT2D eigenvalue weighted by molar-refractivity contribution is -0.118. The van der Waals surface area contributed by atoms with Crippen LogP contribution in [0.25, 0.3) is 0 Å². The number of rotatable bonds is 8. The van der Waals surface area contributed by atoms with Crippen LogP contribution in [0.2, 0.25) is 0 Å². The van der Waals surface area contributed by atoms with Crippen LogP contribution in [0.1, 0.15) is 55.0 Å². The smallest absolute Gasteiger partial charge is 0.251 e. The number of nitrogens with one attached hydrogen (secondary N) is 2. The zero-order valence-electron chi connectivity index (χ0n) is 17.0. The number of aromatic nitrogens is 2. The van der Waals surface area contributed by atoms with Gasteiger partial charge in [0.1, 0.15) is 11.0 Å². The summed E-state index contributed by atoms with van der Waals surface area (Å²) in [5.74, 6) is 0.234. The summed E-state index contributed by atoms with van der Waals surface area (Å²) in [6, 6.07) is 6.89.